The molecular weight excluding hydrogens is 514 g/mol. The van der Waals surface area contributed by atoms with E-state index in [2.05, 4.69) is 0 Å². The summed E-state index contributed by atoms with van der Waals surface area (Å²) in [4.78, 5) is 28.1. The standard InChI is InChI=1S/C30H23N3O5S/c34-27-18-39-29(32(27)15-21-17-36-25-12-6-7-13-26(25)37-21)23-16-33(20-9-2-1-3-10-20)31-28(23)22-14-19-8-4-5-11-24(19)38-30(22)35/h1-14,16,21,29H,15,17-18H2/t21-,29+/m1/s1. The number of thioether (sulfide) groups is 1. The Bertz CT molecular complexity index is 1750. The summed E-state index contributed by atoms with van der Waals surface area (Å²) < 4.78 is 19.5. The zero-order chi connectivity index (χ0) is 26.3. The van der Waals surface area contributed by atoms with Crippen LogP contribution in [0.2, 0.25) is 0 Å². The molecule has 39 heavy (non-hydrogen) atoms. The van der Waals surface area contributed by atoms with Crippen molar-refractivity contribution in [3.05, 3.63) is 107 Å². The van der Waals surface area contributed by atoms with Crippen LogP contribution in [-0.4, -0.2) is 45.6 Å². The molecular formula is C30H23N3O5S. The molecule has 0 saturated carbocycles. The molecule has 2 aliphatic heterocycles. The monoisotopic (exact) mass is 537 g/mol. The molecule has 1 fully saturated rings. The maximum absolute atomic E-state index is 13.2. The Labute approximate surface area is 227 Å². The van der Waals surface area contributed by atoms with E-state index in [0.29, 0.717) is 47.2 Å². The van der Waals surface area contributed by atoms with E-state index in [0.717, 1.165) is 16.6 Å². The summed E-state index contributed by atoms with van der Waals surface area (Å²) in [6.45, 7) is 0.676. The van der Waals surface area contributed by atoms with Crippen LogP contribution in [0.3, 0.4) is 0 Å². The van der Waals surface area contributed by atoms with Crippen LogP contribution in [0.4, 0.5) is 0 Å². The lowest BCUT2D eigenvalue weighted by molar-refractivity contribution is -0.129. The van der Waals surface area contributed by atoms with Gasteiger partial charge in [-0.1, -0.05) is 48.5 Å². The van der Waals surface area contributed by atoms with Gasteiger partial charge in [0.15, 0.2) is 17.6 Å². The van der Waals surface area contributed by atoms with Crippen molar-refractivity contribution in [2.24, 2.45) is 0 Å². The van der Waals surface area contributed by atoms with E-state index in [1.54, 1.807) is 15.6 Å². The second kappa shape index (κ2) is 9.67. The number of para-hydroxylation sites is 4. The number of ether oxygens (including phenoxy) is 2. The molecule has 0 radical (unpaired) electrons. The van der Waals surface area contributed by atoms with Crippen molar-refractivity contribution in [1.82, 2.24) is 14.7 Å². The summed E-state index contributed by atoms with van der Waals surface area (Å²) in [6, 6.07) is 26.4. The minimum Gasteiger partial charge on any atom is -0.486 e. The van der Waals surface area contributed by atoms with Gasteiger partial charge in [-0.2, -0.15) is 5.10 Å². The number of nitrogens with zero attached hydrogens (tertiary/aromatic N) is 3. The SMILES string of the molecule is O=C1CS[C@@H](c2cn(-c3ccccc3)nc2-c2cc3ccccc3oc2=O)N1C[C@@H]1COc2ccccc2O1. The second-order valence-electron chi connectivity index (χ2n) is 9.41. The highest BCUT2D eigenvalue weighted by Gasteiger charge is 2.39. The van der Waals surface area contributed by atoms with Gasteiger partial charge < -0.3 is 18.8 Å². The van der Waals surface area contributed by atoms with Crippen molar-refractivity contribution >= 4 is 28.6 Å². The topological polar surface area (TPSA) is 86.8 Å². The molecule has 1 amide bonds. The van der Waals surface area contributed by atoms with Gasteiger partial charge >= 0.3 is 5.63 Å². The lowest BCUT2D eigenvalue weighted by Crippen LogP contribution is -2.42. The van der Waals surface area contributed by atoms with Gasteiger partial charge in [0.2, 0.25) is 5.91 Å². The number of hydrogen-bond acceptors (Lipinski definition) is 7. The molecule has 4 heterocycles. The van der Waals surface area contributed by atoms with Gasteiger partial charge in [0, 0.05) is 17.1 Å². The highest BCUT2D eigenvalue weighted by molar-refractivity contribution is 8.00. The summed E-state index contributed by atoms with van der Waals surface area (Å²) in [5, 5.41) is 5.28. The predicted molar refractivity (Wildman–Crippen MR) is 148 cm³/mol. The molecule has 2 aromatic heterocycles. The van der Waals surface area contributed by atoms with Gasteiger partial charge in [-0.25, -0.2) is 9.48 Å². The Hall–Kier alpha value is -4.50. The quantitative estimate of drug-likeness (QED) is 0.290. The van der Waals surface area contributed by atoms with Crippen LogP contribution >= 0.6 is 11.8 Å². The van der Waals surface area contributed by atoms with Crippen LogP contribution in [0, 0.1) is 0 Å². The molecule has 1 saturated heterocycles. The highest BCUT2D eigenvalue weighted by atomic mass is 32.2. The Balaban J connectivity index is 1.29. The molecule has 2 atom stereocenters. The lowest BCUT2D eigenvalue weighted by atomic mass is 10.1. The molecule has 0 unspecified atom stereocenters. The third-order valence-electron chi connectivity index (χ3n) is 6.86. The van der Waals surface area contributed by atoms with Crippen molar-refractivity contribution in [2.75, 3.05) is 18.9 Å². The number of fused-ring (bicyclic) bond motifs is 2. The van der Waals surface area contributed by atoms with Gasteiger partial charge in [-0.3, -0.25) is 4.79 Å². The molecule has 194 valence electrons. The number of amides is 1. The van der Waals surface area contributed by atoms with Crippen molar-refractivity contribution in [1.29, 1.82) is 0 Å². The molecule has 2 aliphatic rings. The first-order chi connectivity index (χ1) is 19.1. The normalized spacial score (nSPS) is 18.6. The van der Waals surface area contributed by atoms with Crippen LogP contribution in [0.25, 0.3) is 27.9 Å². The number of benzene rings is 3. The average molecular weight is 538 g/mol. The number of carbonyl (C=O) groups is 1. The summed E-state index contributed by atoms with van der Waals surface area (Å²) >= 11 is 1.51. The minimum atomic E-state index is -0.477. The average Bonchev–Trinajstić information content (AvgIpc) is 3.56. The third kappa shape index (κ3) is 4.34. The van der Waals surface area contributed by atoms with E-state index in [1.807, 2.05) is 85.1 Å². The zero-order valence-electron chi connectivity index (χ0n) is 20.7. The zero-order valence-corrected chi connectivity index (χ0v) is 21.5. The fourth-order valence-electron chi connectivity index (χ4n) is 5.00. The van der Waals surface area contributed by atoms with Crippen LogP contribution in [0.1, 0.15) is 10.9 Å². The molecule has 3 aromatic carbocycles. The largest absolute Gasteiger partial charge is 0.486 e. The van der Waals surface area contributed by atoms with E-state index >= 15 is 0 Å². The smallest absolute Gasteiger partial charge is 0.345 e. The lowest BCUT2D eigenvalue weighted by Gasteiger charge is -2.31. The fourth-order valence-corrected chi connectivity index (χ4v) is 6.20. The molecule has 0 spiro atoms. The first kappa shape index (κ1) is 23.6. The highest BCUT2D eigenvalue weighted by Crippen LogP contribution is 2.43. The molecule has 8 nitrogen and oxygen atoms in total. The van der Waals surface area contributed by atoms with Crippen molar-refractivity contribution in [3.8, 4) is 28.4 Å². The number of aromatic nitrogens is 2. The van der Waals surface area contributed by atoms with Gasteiger partial charge in [-0.05, 0) is 36.4 Å². The van der Waals surface area contributed by atoms with Gasteiger partial charge in [0.05, 0.1) is 23.5 Å². The molecule has 0 bridgehead atoms. The first-order valence-electron chi connectivity index (χ1n) is 12.6. The van der Waals surface area contributed by atoms with Crippen molar-refractivity contribution in [3.63, 3.8) is 0 Å². The number of carbonyl (C=O) groups excluding carboxylic acids is 1. The van der Waals surface area contributed by atoms with Gasteiger partial charge in [0.1, 0.15) is 23.3 Å². The molecule has 5 aromatic rings. The summed E-state index contributed by atoms with van der Waals surface area (Å²) in [7, 11) is 0. The Kier molecular flexibility index (Phi) is 5.85. The van der Waals surface area contributed by atoms with E-state index in [9.17, 15) is 9.59 Å². The minimum absolute atomic E-state index is 0.00332. The van der Waals surface area contributed by atoms with Crippen LogP contribution in [0.5, 0.6) is 11.5 Å². The summed E-state index contributed by atoms with van der Waals surface area (Å²) in [6.07, 6.45) is 1.57. The maximum Gasteiger partial charge on any atom is 0.345 e. The van der Waals surface area contributed by atoms with Crippen molar-refractivity contribution in [2.45, 2.75) is 11.5 Å². The Morgan fingerprint density at radius 2 is 1.69 bits per heavy atom. The molecule has 9 heteroatoms. The molecule has 7 rings (SSSR count). The van der Waals surface area contributed by atoms with E-state index in [1.165, 1.54) is 11.8 Å². The van der Waals surface area contributed by atoms with Crippen LogP contribution < -0.4 is 15.1 Å². The van der Waals surface area contributed by atoms with Crippen LogP contribution in [0.15, 0.2) is 100 Å². The van der Waals surface area contributed by atoms with Crippen molar-refractivity contribution < 1.29 is 18.7 Å². The molecule has 0 aliphatic carbocycles. The maximum atomic E-state index is 13.2. The van der Waals surface area contributed by atoms with Gasteiger partial charge in [-0.15, -0.1) is 11.8 Å². The Morgan fingerprint density at radius 3 is 2.56 bits per heavy atom. The van der Waals surface area contributed by atoms with Gasteiger partial charge in [0.25, 0.3) is 0 Å². The van der Waals surface area contributed by atoms with E-state index in [-0.39, 0.29) is 17.4 Å². The van der Waals surface area contributed by atoms with Crippen LogP contribution in [-0.2, 0) is 4.79 Å². The summed E-state index contributed by atoms with van der Waals surface area (Å²) in [5.41, 5.74) is 2.48. The summed E-state index contributed by atoms with van der Waals surface area (Å²) in [5.74, 6) is 1.67. The number of hydrogen-bond donors (Lipinski definition) is 0. The third-order valence-corrected chi connectivity index (χ3v) is 8.10. The van der Waals surface area contributed by atoms with E-state index < -0.39 is 5.63 Å². The fraction of sp³-hybridized carbons (Fsp3) is 0.167. The molecule has 0 N–H and O–H groups in total. The second-order valence-corrected chi connectivity index (χ2v) is 10.5. The first-order valence-corrected chi connectivity index (χ1v) is 13.7. The Morgan fingerprint density at radius 1 is 0.923 bits per heavy atom. The number of rotatable bonds is 5. The predicted octanol–water partition coefficient (Wildman–Crippen LogP) is 5.06. The van der Waals surface area contributed by atoms with E-state index in [4.69, 9.17) is 19.0 Å².